The fourth-order valence-corrected chi connectivity index (χ4v) is 1.51. The summed E-state index contributed by atoms with van der Waals surface area (Å²) in [4.78, 5) is 11.4. The van der Waals surface area contributed by atoms with Crippen LogP contribution >= 0.6 is 0 Å². The Morgan fingerprint density at radius 1 is 1.05 bits per heavy atom. The highest BCUT2D eigenvalue weighted by atomic mass is 16.7. The van der Waals surface area contributed by atoms with Crippen LogP contribution in [-0.2, 0) is 4.74 Å². The molecule has 0 amide bonds. The average molecular weight is 282 g/mol. The van der Waals surface area contributed by atoms with Crippen molar-refractivity contribution in [3.05, 3.63) is 18.2 Å². The zero-order valence-electron chi connectivity index (χ0n) is 12.6. The minimum atomic E-state index is -0.761. The maximum absolute atomic E-state index is 11.4. The Balaban J connectivity index is 3.04. The zero-order chi connectivity index (χ0) is 15.1. The van der Waals surface area contributed by atoms with Crippen LogP contribution < -0.4 is 14.2 Å². The van der Waals surface area contributed by atoms with Crippen LogP contribution in [0.2, 0.25) is 0 Å². The van der Waals surface area contributed by atoms with Crippen LogP contribution in [0.4, 0.5) is 4.79 Å². The summed E-state index contributed by atoms with van der Waals surface area (Å²) in [6, 6.07) is 5.15. The quantitative estimate of drug-likeness (QED) is 0.587. The molecule has 0 aromatic heterocycles. The van der Waals surface area contributed by atoms with Gasteiger partial charge in [-0.15, -0.1) is 0 Å². The van der Waals surface area contributed by atoms with Gasteiger partial charge in [0.2, 0.25) is 5.75 Å². The molecule has 0 aliphatic heterocycles. The largest absolute Gasteiger partial charge is 0.513 e. The van der Waals surface area contributed by atoms with E-state index in [4.69, 9.17) is 18.9 Å². The summed E-state index contributed by atoms with van der Waals surface area (Å²) in [5.74, 6) is 1.23. The summed E-state index contributed by atoms with van der Waals surface area (Å²) in [5, 5.41) is 0. The van der Waals surface area contributed by atoms with E-state index in [0.717, 1.165) is 0 Å². The van der Waals surface area contributed by atoms with E-state index in [-0.39, 0.29) is 24.6 Å². The van der Waals surface area contributed by atoms with Crippen molar-refractivity contribution in [2.45, 2.75) is 46.8 Å². The highest BCUT2D eigenvalue weighted by molar-refractivity contribution is 5.66. The molecule has 1 rings (SSSR count). The van der Waals surface area contributed by atoms with Gasteiger partial charge in [-0.05, 0) is 46.8 Å². The fraction of sp³-hybridized carbons (Fsp3) is 0.533. The lowest BCUT2D eigenvalue weighted by atomic mass is 10.3. The third kappa shape index (κ3) is 4.99. The second-order valence-electron chi connectivity index (χ2n) is 4.70. The first-order valence-corrected chi connectivity index (χ1v) is 6.75. The monoisotopic (exact) mass is 282 g/mol. The molecule has 0 aliphatic carbocycles. The SMILES string of the molecule is CCOC(=O)Oc1cccc(OC(C)C)c1OC(C)C. The van der Waals surface area contributed by atoms with Crippen LogP contribution in [0.1, 0.15) is 34.6 Å². The van der Waals surface area contributed by atoms with E-state index in [1.54, 1.807) is 25.1 Å². The minimum absolute atomic E-state index is 0.0117. The molecule has 5 nitrogen and oxygen atoms in total. The van der Waals surface area contributed by atoms with Gasteiger partial charge in [0.05, 0.1) is 18.8 Å². The Kier molecular flexibility index (Phi) is 6.15. The smallest absolute Gasteiger partial charge is 0.487 e. The Morgan fingerprint density at radius 2 is 1.65 bits per heavy atom. The minimum Gasteiger partial charge on any atom is -0.487 e. The highest BCUT2D eigenvalue weighted by Gasteiger charge is 2.18. The normalized spacial score (nSPS) is 10.6. The van der Waals surface area contributed by atoms with E-state index in [2.05, 4.69) is 0 Å². The van der Waals surface area contributed by atoms with Gasteiger partial charge in [0, 0.05) is 0 Å². The predicted molar refractivity (Wildman–Crippen MR) is 75.6 cm³/mol. The molecule has 1 aromatic carbocycles. The second kappa shape index (κ2) is 7.62. The van der Waals surface area contributed by atoms with Gasteiger partial charge >= 0.3 is 6.16 Å². The van der Waals surface area contributed by atoms with Crippen molar-refractivity contribution in [2.24, 2.45) is 0 Å². The third-order valence-corrected chi connectivity index (χ3v) is 2.11. The lowest BCUT2D eigenvalue weighted by Crippen LogP contribution is -2.14. The number of benzene rings is 1. The first-order valence-electron chi connectivity index (χ1n) is 6.75. The molecular weight excluding hydrogens is 260 g/mol. The van der Waals surface area contributed by atoms with E-state index in [1.807, 2.05) is 27.7 Å². The number of carbonyl (C=O) groups excluding carboxylic acids is 1. The Labute approximate surface area is 119 Å². The van der Waals surface area contributed by atoms with Crippen LogP contribution in [-0.4, -0.2) is 25.0 Å². The van der Waals surface area contributed by atoms with Gasteiger partial charge in [0.15, 0.2) is 11.5 Å². The van der Waals surface area contributed by atoms with Gasteiger partial charge in [-0.2, -0.15) is 0 Å². The molecule has 0 spiro atoms. The lowest BCUT2D eigenvalue weighted by molar-refractivity contribution is 0.101. The van der Waals surface area contributed by atoms with Crippen LogP contribution in [0.25, 0.3) is 0 Å². The molecule has 0 N–H and O–H groups in total. The molecule has 0 atom stereocenters. The van der Waals surface area contributed by atoms with E-state index < -0.39 is 6.16 Å². The van der Waals surface area contributed by atoms with Gasteiger partial charge in [0.1, 0.15) is 0 Å². The van der Waals surface area contributed by atoms with Gasteiger partial charge in [-0.3, -0.25) is 0 Å². The standard InChI is InChI=1S/C15H22O5/c1-6-17-15(16)20-13-9-7-8-12(18-10(2)3)14(13)19-11(4)5/h7-11H,6H2,1-5H3. The van der Waals surface area contributed by atoms with Crippen molar-refractivity contribution in [3.8, 4) is 17.2 Å². The average Bonchev–Trinajstić information content (AvgIpc) is 2.32. The molecule has 0 bridgehead atoms. The maximum Gasteiger partial charge on any atom is 0.513 e. The molecule has 0 unspecified atom stereocenters. The summed E-state index contributed by atoms with van der Waals surface area (Å²) >= 11 is 0. The molecule has 0 saturated carbocycles. The predicted octanol–water partition coefficient (Wildman–Crippen LogP) is 3.80. The number of hydrogen-bond acceptors (Lipinski definition) is 5. The number of carbonyl (C=O) groups is 1. The summed E-state index contributed by atoms with van der Waals surface area (Å²) in [7, 11) is 0. The topological polar surface area (TPSA) is 54.0 Å². The Morgan fingerprint density at radius 3 is 2.20 bits per heavy atom. The lowest BCUT2D eigenvalue weighted by Gasteiger charge is -2.19. The molecule has 0 heterocycles. The number of rotatable bonds is 6. The number of ether oxygens (including phenoxy) is 4. The molecule has 0 fully saturated rings. The summed E-state index contributed by atoms with van der Waals surface area (Å²) < 4.78 is 21.3. The van der Waals surface area contributed by atoms with Crippen LogP contribution in [0.5, 0.6) is 17.2 Å². The third-order valence-electron chi connectivity index (χ3n) is 2.11. The number of para-hydroxylation sites is 1. The van der Waals surface area contributed by atoms with Crippen LogP contribution in [0, 0.1) is 0 Å². The van der Waals surface area contributed by atoms with Crippen LogP contribution in [0.3, 0.4) is 0 Å². The van der Waals surface area contributed by atoms with Gasteiger partial charge in [-0.25, -0.2) is 4.79 Å². The summed E-state index contributed by atoms with van der Waals surface area (Å²) in [6.07, 6.45) is -0.846. The van der Waals surface area contributed by atoms with Gasteiger partial charge < -0.3 is 18.9 Å². The molecular formula is C15H22O5. The molecule has 5 heteroatoms. The highest BCUT2D eigenvalue weighted by Crippen LogP contribution is 2.38. The van der Waals surface area contributed by atoms with Crippen molar-refractivity contribution in [2.75, 3.05) is 6.61 Å². The molecule has 0 radical (unpaired) electrons. The molecule has 112 valence electrons. The maximum atomic E-state index is 11.4. The summed E-state index contributed by atoms with van der Waals surface area (Å²) in [6.45, 7) is 9.57. The molecule has 20 heavy (non-hydrogen) atoms. The van der Waals surface area contributed by atoms with Gasteiger partial charge in [0.25, 0.3) is 0 Å². The fourth-order valence-electron chi connectivity index (χ4n) is 1.51. The van der Waals surface area contributed by atoms with E-state index >= 15 is 0 Å². The molecule has 0 saturated heterocycles. The van der Waals surface area contributed by atoms with E-state index in [0.29, 0.717) is 11.5 Å². The van der Waals surface area contributed by atoms with Crippen molar-refractivity contribution < 1.29 is 23.7 Å². The van der Waals surface area contributed by atoms with E-state index in [1.165, 1.54) is 0 Å². The van der Waals surface area contributed by atoms with Crippen molar-refractivity contribution in [1.29, 1.82) is 0 Å². The Bertz CT molecular complexity index is 440. The van der Waals surface area contributed by atoms with Crippen molar-refractivity contribution >= 4 is 6.16 Å². The molecule has 0 aliphatic rings. The zero-order valence-corrected chi connectivity index (χ0v) is 12.6. The van der Waals surface area contributed by atoms with Gasteiger partial charge in [-0.1, -0.05) is 6.07 Å². The first-order chi connectivity index (χ1) is 9.43. The molecule has 1 aromatic rings. The van der Waals surface area contributed by atoms with Crippen molar-refractivity contribution in [3.63, 3.8) is 0 Å². The number of hydrogen-bond donors (Lipinski definition) is 0. The van der Waals surface area contributed by atoms with Crippen molar-refractivity contribution in [1.82, 2.24) is 0 Å². The van der Waals surface area contributed by atoms with Crippen LogP contribution in [0.15, 0.2) is 18.2 Å². The second-order valence-corrected chi connectivity index (χ2v) is 4.70. The van der Waals surface area contributed by atoms with E-state index in [9.17, 15) is 4.79 Å². The Hall–Kier alpha value is -1.91. The first kappa shape index (κ1) is 16.1. The summed E-state index contributed by atoms with van der Waals surface area (Å²) in [5.41, 5.74) is 0.